The second-order valence-corrected chi connectivity index (χ2v) is 7.25. The first-order chi connectivity index (χ1) is 13.7. The standard InChI is InChI=1S/C20H19F2N5O/c21-19(22)16-9-17(27-20(25-16)23-12-24-27)15-2-1-6-26(11-15)10-13-3-4-18-14(8-13)5-7-28-18/h3-5,7-9,12,15,19H,1-2,6,10-11H2. The predicted octanol–water partition coefficient (Wildman–Crippen LogP) is 4.19. The van der Waals surface area contributed by atoms with Crippen molar-refractivity contribution >= 4 is 16.7 Å². The minimum atomic E-state index is -2.62. The molecule has 0 spiro atoms. The zero-order valence-electron chi connectivity index (χ0n) is 15.1. The van der Waals surface area contributed by atoms with E-state index in [1.165, 1.54) is 18.0 Å². The van der Waals surface area contributed by atoms with Gasteiger partial charge in [0.1, 0.15) is 17.6 Å². The molecule has 0 amide bonds. The molecule has 1 fully saturated rings. The number of rotatable bonds is 4. The summed E-state index contributed by atoms with van der Waals surface area (Å²) in [7, 11) is 0. The monoisotopic (exact) mass is 383 g/mol. The number of furan rings is 1. The van der Waals surface area contributed by atoms with Crippen LogP contribution in [0.15, 0.2) is 47.3 Å². The van der Waals surface area contributed by atoms with Gasteiger partial charge in [-0.05, 0) is 49.2 Å². The van der Waals surface area contributed by atoms with Crippen molar-refractivity contribution in [1.29, 1.82) is 0 Å². The number of benzene rings is 1. The summed E-state index contributed by atoms with van der Waals surface area (Å²) in [5.41, 5.74) is 2.61. The lowest BCUT2D eigenvalue weighted by Gasteiger charge is -2.33. The van der Waals surface area contributed by atoms with E-state index in [0.29, 0.717) is 0 Å². The molecular weight excluding hydrogens is 364 g/mol. The van der Waals surface area contributed by atoms with Gasteiger partial charge in [-0.2, -0.15) is 10.1 Å². The van der Waals surface area contributed by atoms with Crippen LogP contribution >= 0.6 is 0 Å². The van der Waals surface area contributed by atoms with Crippen molar-refractivity contribution in [1.82, 2.24) is 24.5 Å². The lowest BCUT2D eigenvalue weighted by atomic mass is 9.93. The Bertz CT molecular complexity index is 1120. The summed E-state index contributed by atoms with van der Waals surface area (Å²) in [5.74, 6) is 0.339. The quantitative estimate of drug-likeness (QED) is 0.529. The van der Waals surface area contributed by atoms with Crippen LogP contribution in [0.25, 0.3) is 16.7 Å². The molecule has 0 saturated carbocycles. The van der Waals surface area contributed by atoms with Crippen molar-refractivity contribution in [3.8, 4) is 0 Å². The molecule has 1 atom stereocenters. The van der Waals surface area contributed by atoms with Crippen molar-refractivity contribution < 1.29 is 13.2 Å². The van der Waals surface area contributed by atoms with E-state index in [-0.39, 0.29) is 17.4 Å². The van der Waals surface area contributed by atoms with Crippen LogP contribution < -0.4 is 0 Å². The molecule has 1 unspecified atom stereocenters. The Morgan fingerprint density at radius 3 is 3.04 bits per heavy atom. The van der Waals surface area contributed by atoms with Crippen LogP contribution in [0.1, 0.15) is 42.1 Å². The molecular formula is C20H19F2N5O. The van der Waals surface area contributed by atoms with Gasteiger partial charge in [-0.3, -0.25) is 4.90 Å². The van der Waals surface area contributed by atoms with Gasteiger partial charge in [-0.1, -0.05) is 6.07 Å². The summed E-state index contributed by atoms with van der Waals surface area (Å²) in [6.07, 6.45) is 2.36. The van der Waals surface area contributed by atoms with Crippen LogP contribution in [0.2, 0.25) is 0 Å². The highest BCUT2D eigenvalue weighted by Gasteiger charge is 2.26. The highest BCUT2D eigenvalue weighted by atomic mass is 19.3. The van der Waals surface area contributed by atoms with E-state index in [1.54, 1.807) is 10.8 Å². The molecule has 4 heterocycles. The van der Waals surface area contributed by atoms with Crippen molar-refractivity contribution in [2.24, 2.45) is 0 Å². The Hall–Kier alpha value is -2.87. The smallest absolute Gasteiger partial charge is 0.280 e. The van der Waals surface area contributed by atoms with Gasteiger partial charge in [0.05, 0.1) is 12.0 Å². The van der Waals surface area contributed by atoms with Crippen molar-refractivity contribution in [2.75, 3.05) is 13.1 Å². The van der Waals surface area contributed by atoms with Gasteiger partial charge in [0.15, 0.2) is 0 Å². The van der Waals surface area contributed by atoms with Crippen LogP contribution in [0.4, 0.5) is 8.78 Å². The summed E-state index contributed by atoms with van der Waals surface area (Å²) in [5, 5.41) is 5.29. The number of likely N-dealkylation sites (tertiary alicyclic amines) is 1. The Balaban J connectivity index is 1.41. The largest absolute Gasteiger partial charge is 0.464 e. The minimum absolute atomic E-state index is 0.108. The molecule has 0 bridgehead atoms. The van der Waals surface area contributed by atoms with Gasteiger partial charge in [0.2, 0.25) is 0 Å². The van der Waals surface area contributed by atoms with Crippen LogP contribution in [0.5, 0.6) is 0 Å². The molecule has 0 N–H and O–H groups in total. The topological polar surface area (TPSA) is 59.5 Å². The first kappa shape index (κ1) is 17.2. The zero-order chi connectivity index (χ0) is 19.1. The SMILES string of the molecule is FC(F)c1cc(C2CCCN(Cc3ccc4occc4c3)C2)n2ncnc2n1. The number of halogens is 2. The second-order valence-electron chi connectivity index (χ2n) is 7.25. The van der Waals surface area contributed by atoms with Gasteiger partial charge < -0.3 is 4.42 Å². The molecule has 1 saturated heterocycles. The number of hydrogen-bond acceptors (Lipinski definition) is 5. The Morgan fingerprint density at radius 2 is 2.14 bits per heavy atom. The number of piperidine rings is 1. The molecule has 1 aliphatic heterocycles. The molecule has 144 valence electrons. The lowest BCUT2D eigenvalue weighted by molar-refractivity contribution is 0.145. The third-order valence-electron chi connectivity index (χ3n) is 5.37. The Morgan fingerprint density at radius 1 is 1.21 bits per heavy atom. The van der Waals surface area contributed by atoms with E-state index < -0.39 is 6.43 Å². The second kappa shape index (κ2) is 6.94. The van der Waals surface area contributed by atoms with E-state index in [1.807, 2.05) is 12.1 Å². The van der Waals surface area contributed by atoms with Gasteiger partial charge in [-0.25, -0.2) is 18.3 Å². The minimum Gasteiger partial charge on any atom is -0.464 e. The number of nitrogens with zero attached hydrogens (tertiary/aromatic N) is 5. The predicted molar refractivity (Wildman–Crippen MR) is 99.2 cm³/mol. The highest BCUT2D eigenvalue weighted by Crippen LogP contribution is 2.30. The van der Waals surface area contributed by atoms with Crippen LogP contribution in [-0.2, 0) is 6.54 Å². The average Bonchev–Trinajstić information content (AvgIpc) is 3.36. The number of aromatic nitrogens is 4. The summed E-state index contributed by atoms with van der Waals surface area (Å²) in [6, 6.07) is 9.65. The van der Waals surface area contributed by atoms with E-state index >= 15 is 0 Å². The number of hydrogen-bond donors (Lipinski definition) is 0. The van der Waals surface area contributed by atoms with Gasteiger partial charge in [-0.15, -0.1) is 0 Å². The number of fused-ring (bicyclic) bond motifs is 2. The molecule has 6 nitrogen and oxygen atoms in total. The average molecular weight is 383 g/mol. The van der Waals surface area contributed by atoms with Crippen LogP contribution in [0, 0.1) is 0 Å². The number of alkyl halides is 2. The van der Waals surface area contributed by atoms with E-state index in [4.69, 9.17) is 4.42 Å². The molecule has 28 heavy (non-hydrogen) atoms. The molecule has 4 aromatic rings. The molecule has 5 rings (SSSR count). The maximum absolute atomic E-state index is 13.3. The Kier molecular flexibility index (Phi) is 4.27. The first-order valence-electron chi connectivity index (χ1n) is 9.34. The van der Waals surface area contributed by atoms with Crippen LogP contribution in [0.3, 0.4) is 0 Å². The van der Waals surface area contributed by atoms with Crippen molar-refractivity contribution in [2.45, 2.75) is 31.7 Å². The molecule has 1 aliphatic rings. The van der Waals surface area contributed by atoms with E-state index in [9.17, 15) is 8.78 Å². The first-order valence-corrected chi connectivity index (χ1v) is 9.34. The summed E-state index contributed by atoms with van der Waals surface area (Å²) in [4.78, 5) is 10.3. The molecule has 0 aliphatic carbocycles. The Labute approximate surface area is 159 Å². The fraction of sp³-hybridized carbons (Fsp3) is 0.350. The fourth-order valence-corrected chi connectivity index (χ4v) is 4.07. The summed E-state index contributed by atoms with van der Waals surface area (Å²) in [6.45, 7) is 2.57. The van der Waals surface area contributed by atoms with Crippen molar-refractivity contribution in [3.63, 3.8) is 0 Å². The molecule has 0 radical (unpaired) electrons. The third-order valence-corrected chi connectivity index (χ3v) is 5.37. The van der Waals surface area contributed by atoms with Gasteiger partial charge in [0, 0.05) is 24.4 Å². The highest BCUT2D eigenvalue weighted by molar-refractivity contribution is 5.77. The normalized spacial score (nSPS) is 18.5. The third kappa shape index (κ3) is 3.13. The van der Waals surface area contributed by atoms with Gasteiger partial charge >= 0.3 is 0 Å². The summed E-state index contributed by atoms with van der Waals surface area (Å²) < 4.78 is 33.6. The van der Waals surface area contributed by atoms with Crippen molar-refractivity contribution in [3.05, 3.63) is 59.9 Å². The van der Waals surface area contributed by atoms with Gasteiger partial charge in [0.25, 0.3) is 12.2 Å². The van der Waals surface area contributed by atoms with E-state index in [2.05, 4.69) is 32.1 Å². The zero-order valence-corrected chi connectivity index (χ0v) is 15.1. The van der Waals surface area contributed by atoms with Crippen LogP contribution in [-0.4, -0.2) is 37.6 Å². The molecule has 1 aromatic carbocycles. The maximum atomic E-state index is 13.3. The molecule has 3 aromatic heterocycles. The summed E-state index contributed by atoms with van der Waals surface area (Å²) >= 11 is 0. The fourth-order valence-electron chi connectivity index (χ4n) is 4.07. The lowest BCUT2D eigenvalue weighted by Crippen LogP contribution is -2.34. The maximum Gasteiger partial charge on any atom is 0.280 e. The molecule has 8 heteroatoms. The van der Waals surface area contributed by atoms with E-state index in [0.717, 1.165) is 49.1 Å².